The van der Waals surface area contributed by atoms with Crippen molar-refractivity contribution in [1.29, 1.82) is 0 Å². The molecule has 0 aliphatic carbocycles. The quantitative estimate of drug-likeness (QED) is 0.150. The molecule has 1 aromatic heterocycles. The molecule has 4 rings (SSSR count). The minimum atomic E-state index is -4.80. The lowest BCUT2D eigenvalue weighted by Gasteiger charge is -2.19. The Morgan fingerprint density at radius 2 is 1.59 bits per heavy atom. The van der Waals surface area contributed by atoms with E-state index in [9.17, 15) is 26.4 Å². The number of hydrogen-bond acceptors (Lipinski definition) is 9. The average Bonchev–Trinajstić information content (AvgIpc) is 2.98. The Kier molecular flexibility index (Phi) is 10.2. The van der Waals surface area contributed by atoms with E-state index in [1.807, 2.05) is 0 Å². The Hall–Kier alpha value is -4.93. The minimum absolute atomic E-state index is 0.0719. The molecule has 0 radical (unpaired) electrons. The van der Waals surface area contributed by atoms with Gasteiger partial charge in [-0.15, -0.1) is 13.2 Å². The molecule has 3 aromatic carbocycles. The molecule has 0 saturated heterocycles. The normalized spacial score (nSPS) is 11.5. The Morgan fingerprint density at radius 3 is 2.23 bits per heavy atom. The molecule has 2 amide bonds. The van der Waals surface area contributed by atoms with Gasteiger partial charge in [-0.2, -0.15) is 4.98 Å². The maximum Gasteiger partial charge on any atom is 0.573 e. The smallest absolute Gasteiger partial charge is 0.406 e. The van der Waals surface area contributed by atoms with Crippen molar-refractivity contribution in [3.05, 3.63) is 85.1 Å². The highest BCUT2D eigenvalue weighted by Crippen LogP contribution is 2.26. The van der Waals surface area contributed by atoms with Gasteiger partial charge >= 0.3 is 12.4 Å². The molecule has 16 heteroatoms. The third-order valence-corrected chi connectivity index (χ3v) is 7.30. The zero-order valence-electron chi connectivity index (χ0n) is 23.4. The Morgan fingerprint density at radius 1 is 0.932 bits per heavy atom. The summed E-state index contributed by atoms with van der Waals surface area (Å²) in [7, 11) is -0.462. The van der Waals surface area contributed by atoms with E-state index in [2.05, 4.69) is 35.4 Å². The molecule has 0 aliphatic heterocycles. The van der Waals surface area contributed by atoms with Crippen LogP contribution < -0.4 is 30.3 Å². The first-order valence-corrected chi connectivity index (χ1v) is 14.4. The van der Waals surface area contributed by atoms with Crippen LogP contribution in [0.25, 0.3) is 0 Å². The van der Waals surface area contributed by atoms with E-state index in [0.29, 0.717) is 17.2 Å². The second-order valence-electron chi connectivity index (χ2n) is 9.04. The number of aromatic nitrogens is 2. The highest BCUT2D eigenvalue weighted by atomic mass is 32.2. The lowest BCUT2D eigenvalue weighted by Crippen LogP contribution is -2.27. The molecule has 0 saturated carbocycles. The highest BCUT2D eigenvalue weighted by Gasteiger charge is 2.31. The molecule has 0 bridgehead atoms. The van der Waals surface area contributed by atoms with Gasteiger partial charge in [0.05, 0.1) is 11.5 Å². The number of carbonyl (C=O) groups excluding carboxylic acids is 1. The monoisotopic (exact) mass is 631 g/mol. The number of anilines is 6. The molecule has 0 fully saturated rings. The molecule has 0 atom stereocenters. The van der Waals surface area contributed by atoms with Crippen molar-refractivity contribution in [2.24, 2.45) is 0 Å². The number of methoxy groups -OCH3 is 1. The van der Waals surface area contributed by atoms with Gasteiger partial charge in [0.1, 0.15) is 11.6 Å². The van der Waals surface area contributed by atoms with Crippen LogP contribution in [0.4, 0.5) is 52.5 Å². The van der Waals surface area contributed by atoms with Gasteiger partial charge in [0.2, 0.25) is 16.0 Å². The number of halogens is 3. The second-order valence-corrected chi connectivity index (χ2v) is 10.8. The zero-order chi connectivity index (χ0) is 31.7. The van der Waals surface area contributed by atoms with Gasteiger partial charge in [-0.05, 0) is 72.8 Å². The number of urea groups is 1. The summed E-state index contributed by atoms with van der Waals surface area (Å²) in [6, 6.07) is 18.9. The fourth-order valence-corrected chi connectivity index (χ4v) is 4.82. The lowest BCUT2D eigenvalue weighted by molar-refractivity contribution is -0.274. The number of hydrogen-bond donors (Lipinski definition) is 4. The third-order valence-electron chi connectivity index (χ3n) is 5.84. The number of rotatable bonds is 12. The van der Waals surface area contributed by atoms with Gasteiger partial charge in [0, 0.05) is 49.6 Å². The first kappa shape index (κ1) is 32.0. The van der Waals surface area contributed by atoms with Crippen LogP contribution in [0.1, 0.15) is 0 Å². The third kappa shape index (κ3) is 9.29. The molecule has 4 N–H and O–H groups in total. The summed E-state index contributed by atoms with van der Waals surface area (Å²) in [4.78, 5) is 22.9. The van der Waals surface area contributed by atoms with Crippen molar-refractivity contribution < 1.29 is 35.9 Å². The van der Waals surface area contributed by atoms with Crippen LogP contribution in [0.3, 0.4) is 0 Å². The van der Waals surface area contributed by atoms with Gasteiger partial charge in [0.15, 0.2) is 0 Å². The van der Waals surface area contributed by atoms with E-state index in [1.165, 1.54) is 31.4 Å². The van der Waals surface area contributed by atoms with Crippen LogP contribution in [0.5, 0.6) is 5.75 Å². The maximum atomic E-state index is 12.5. The molecule has 0 spiro atoms. The predicted octanol–water partition coefficient (Wildman–Crippen LogP) is 5.46. The van der Waals surface area contributed by atoms with Crippen molar-refractivity contribution in [3.8, 4) is 5.75 Å². The zero-order valence-corrected chi connectivity index (χ0v) is 24.2. The van der Waals surface area contributed by atoms with Crippen molar-refractivity contribution in [3.63, 3.8) is 0 Å². The second kappa shape index (κ2) is 14.0. The van der Waals surface area contributed by atoms with Crippen LogP contribution >= 0.6 is 0 Å². The molecular weight excluding hydrogens is 603 g/mol. The van der Waals surface area contributed by atoms with E-state index < -0.39 is 28.2 Å². The number of nitrogens with zero attached hydrogens (tertiary/aromatic N) is 3. The van der Waals surface area contributed by atoms with Crippen LogP contribution in [0, 0.1) is 0 Å². The summed E-state index contributed by atoms with van der Waals surface area (Å²) in [6.45, 7) is 0.379. The molecule has 0 aliphatic rings. The molecule has 1 heterocycles. The van der Waals surface area contributed by atoms with Crippen LogP contribution in [-0.4, -0.2) is 58.1 Å². The largest absolute Gasteiger partial charge is 0.573 e. The summed E-state index contributed by atoms with van der Waals surface area (Å²) >= 11 is 0. The predicted molar refractivity (Wildman–Crippen MR) is 159 cm³/mol. The Labute approximate surface area is 251 Å². The van der Waals surface area contributed by atoms with E-state index in [0.717, 1.165) is 17.8 Å². The summed E-state index contributed by atoms with van der Waals surface area (Å²) in [5, 5.41) is 8.19. The van der Waals surface area contributed by atoms with Gasteiger partial charge < -0.3 is 30.3 Å². The van der Waals surface area contributed by atoms with Crippen LogP contribution in [0.15, 0.2) is 90.0 Å². The van der Waals surface area contributed by atoms with Crippen molar-refractivity contribution in [1.82, 2.24) is 14.7 Å². The number of carbonyl (C=O) groups is 1. The summed E-state index contributed by atoms with van der Waals surface area (Å²) < 4.78 is 73.2. The number of alkyl halides is 3. The number of benzene rings is 3. The van der Waals surface area contributed by atoms with Crippen molar-refractivity contribution in [2.75, 3.05) is 48.2 Å². The maximum absolute atomic E-state index is 12.5. The highest BCUT2D eigenvalue weighted by molar-refractivity contribution is 7.89. The fourth-order valence-electron chi connectivity index (χ4n) is 3.76. The summed E-state index contributed by atoms with van der Waals surface area (Å²) in [5.41, 5.74) is 1.94. The topological polar surface area (TPSA) is 147 Å². The van der Waals surface area contributed by atoms with Gasteiger partial charge in [-0.25, -0.2) is 22.9 Å². The van der Waals surface area contributed by atoms with E-state index in [4.69, 9.17) is 4.74 Å². The fraction of sp³-hybridized carbons (Fsp3) is 0.179. The first-order chi connectivity index (χ1) is 20.9. The molecular formula is C28H28F3N7O5S. The lowest BCUT2D eigenvalue weighted by atomic mass is 10.2. The SMILES string of the molecule is COCCNS(=O)(=O)c1cccc(Nc2nccc(N(C)c3ccc(NC(=O)Nc4ccc(OC(F)(F)F)cc4)cc3)n2)c1. The number of amides is 2. The van der Waals surface area contributed by atoms with Crippen LogP contribution in [0.2, 0.25) is 0 Å². The molecule has 44 heavy (non-hydrogen) atoms. The first-order valence-electron chi connectivity index (χ1n) is 12.9. The Bertz CT molecular complexity index is 1670. The van der Waals surface area contributed by atoms with Crippen molar-refractivity contribution in [2.45, 2.75) is 11.3 Å². The standard InChI is InChI=1S/C28H28F3N7O5S/c1-38(22-10-6-19(7-11-22)35-27(39)36-20-8-12-23(13-9-20)43-28(29,30)31)25-14-15-32-26(37-25)34-21-4-3-5-24(18-21)44(40,41)33-16-17-42-2/h3-15,18,33H,16-17H2,1-2H3,(H,32,34,37)(H2,35,36,39). The van der Waals surface area contributed by atoms with E-state index in [-0.39, 0.29) is 29.7 Å². The summed E-state index contributed by atoms with van der Waals surface area (Å²) in [5.74, 6) is 0.370. The molecule has 12 nitrogen and oxygen atoms in total. The Balaban J connectivity index is 1.36. The molecule has 232 valence electrons. The van der Waals surface area contributed by atoms with Gasteiger partial charge in [-0.1, -0.05) is 6.07 Å². The van der Waals surface area contributed by atoms with Gasteiger partial charge in [0.25, 0.3) is 0 Å². The van der Waals surface area contributed by atoms with E-state index in [1.54, 1.807) is 60.6 Å². The molecule has 0 unspecified atom stereocenters. The van der Waals surface area contributed by atoms with Gasteiger partial charge in [-0.3, -0.25) is 0 Å². The average molecular weight is 632 g/mol. The van der Waals surface area contributed by atoms with Crippen LogP contribution in [-0.2, 0) is 14.8 Å². The minimum Gasteiger partial charge on any atom is -0.406 e. The van der Waals surface area contributed by atoms with Crippen molar-refractivity contribution >= 4 is 50.6 Å². The number of nitrogens with one attached hydrogen (secondary N) is 4. The number of ether oxygens (including phenoxy) is 2. The molecule has 4 aromatic rings. The number of sulfonamides is 1. The van der Waals surface area contributed by atoms with E-state index >= 15 is 0 Å². The summed E-state index contributed by atoms with van der Waals surface area (Å²) in [6.07, 6.45) is -3.25.